The van der Waals surface area contributed by atoms with Crippen molar-refractivity contribution in [3.63, 3.8) is 0 Å². The molecule has 0 bridgehead atoms. The standard InChI is InChI=1S/C9H14O2/c1-3-11-9(2)6-4-8(10)5-7-9/h4-6,10H,3,7H2,1-2H3. The molecule has 0 heterocycles. The molecule has 0 aromatic rings. The molecule has 0 amide bonds. The topological polar surface area (TPSA) is 29.5 Å². The van der Waals surface area contributed by atoms with Crippen LogP contribution >= 0.6 is 0 Å². The molecule has 1 N–H and O–H groups in total. The van der Waals surface area contributed by atoms with Crippen molar-refractivity contribution in [3.8, 4) is 0 Å². The molecule has 0 radical (unpaired) electrons. The van der Waals surface area contributed by atoms with Gasteiger partial charge in [-0.25, -0.2) is 0 Å². The number of aliphatic hydroxyl groups excluding tert-OH is 1. The lowest BCUT2D eigenvalue weighted by Crippen LogP contribution is -2.26. The van der Waals surface area contributed by atoms with E-state index >= 15 is 0 Å². The first-order valence-electron chi connectivity index (χ1n) is 3.88. The van der Waals surface area contributed by atoms with Gasteiger partial charge in [0.15, 0.2) is 0 Å². The molecule has 11 heavy (non-hydrogen) atoms. The maximum atomic E-state index is 9.03. The van der Waals surface area contributed by atoms with E-state index in [2.05, 4.69) is 0 Å². The fourth-order valence-corrected chi connectivity index (χ4v) is 1.14. The van der Waals surface area contributed by atoms with Crippen LogP contribution in [0.5, 0.6) is 0 Å². The lowest BCUT2D eigenvalue weighted by molar-refractivity contribution is 0.0141. The van der Waals surface area contributed by atoms with Crippen molar-refractivity contribution in [2.75, 3.05) is 6.61 Å². The summed E-state index contributed by atoms with van der Waals surface area (Å²) in [7, 11) is 0. The summed E-state index contributed by atoms with van der Waals surface area (Å²) in [5, 5.41) is 9.03. The molecule has 62 valence electrons. The molecule has 0 aromatic carbocycles. The van der Waals surface area contributed by atoms with E-state index in [0.717, 1.165) is 6.42 Å². The van der Waals surface area contributed by atoms with E-state index in [1.165, 1.54) is 0 Å². The summed E-state index contributed by atoms with van der Waals surface area (Å²) in [6.07, 6.45) is 6.10. The van der Waals surface area contributed by atoms with Crippen LogP contribution < -0.4 is 0 Å². The van der Waals surface area contributed by atoms with Crippen LogP contribution in [0.1, 0.15) is 20.3 Å². The average molecular weight is 154 g/mol. The lowest BCUT2D eigenvalue weighted by atomic mass is 9.97. The van der Waals surface area contributed by atoms with E-state index in [4.69, 9.17) is 9.84 Å². The number of hydrogen-bond acceptors (Lipinski definition) is 2. The molecule has 0 saturated heterocycles. The van der Waals surface area contributed by atoms with Crippen molar-refractivity contribution in [2.24, 2.45) is 0 Å². The summed E-state index contributed by atoms with van der Waals surface area (Å²) < 4.78 is 5.48. The van der Waals surface area contributed by atoms with E-state index in [1.807, 2.05) is 19.9 Å². The second-order valence-electron chi connectivity index (χ2n) is 2.91. The SMILES string of the molecule is CCOC1(C)C=CC(O)=CC1. The summed E-state index contributed by atoms with van der Waals surface area (Å²) in [5.41, 5.74) is -0.207. The predicted octanol–water partition coefficient (Wildman–Crippen LogP) is 2.18. The molecule has 1 atom stereocenters. The molecule has 1 aliphatic rings. The second kappa shape index (κ2) is 3.09. The normalized spacial score (nSPS) is 30.2. The van der Waals surface area contributed by atoms with Gasteiger partial charge in [-0.2, -0.15) is 0 Å². The highest BCUT2D eigenvalue weighted by Gasteiger charge is 2.21. The molecule has 1 aliphatic carbocycles. The van der Waals surface area contributed by atoms with Crippen molar-refractivity contribution in [2.45, 2.75) is 25.9 Å². The Morgan fingerprint density at radius 3 is 2.91 bits per heavy atom. The van der Waals surface area contributed by atoms with Crippen molar-refractivity contribution in [1.82, 2.24) is 0 Å². The largest absolute Gasteiger partial charge is 0.508 e. The molecule has 0 aliphatic heterocycles. The smallest absolute Gasteiger partial charge is 0.111 e. The Hall–Kier alpha value is -0.760. The van der Waals surface area contributed by atoms with Crippen LogP contribution in [-0.4, -0.2) is 17.3 Å². The first-order chi connectivity index (χ1) is 5.16. The van der Waals surface area contributed by atoms with Gasteiger partial charge in [0.25, 0.3) is 0 Å². The molecule has 0 fully saturated rings. The minimum atomic E-state index is -0.207. The molecular weight excluding hydrogens is 140 g/mol. The van der Waals surface area contributed by atoms with E-state index in [0.29, 0.717) is 12.4 Å². The van der Waals surface area contributed by atoms with Crippen LogP contribution in [0.15, 0.2) is 24.0 Å². The van der Waals surface area contributed by atoms with E-state index in [9.17, 15) is 0 Å². The van der Waals surface area contributed by atoms with E-state index < -0.39 is 0 Å². The van der Waals surface area contributed by atoms with Gasteiger partial charge in [0.2, 0.25) is 0 Å². The molecule has 2 heteroatoms. The molecule has 0 aromatic heterocycles. The van der Waals surface area contributed by atoms with Gasteiger partial charge in [0, 0.05) is 13.0 Å². The first-order valence-corrected chi connectivity index (χ1v) is 3.88. The first kappa shape index (κ1) is 8.34. The summed E-state index contributed by atoms with van der Waals surface area (Å²) in [5.74, 6) is 0.335. The molecule has 2 nitrogen and oxygen atoms in total. The van der Waals surface area contributed by atoms with E-state index in [1.54, 1.807) is 12.2 Å². The summed E-state index contributed by atoms with van der Waals surface area (Å²) in [4.78, 5) is 0. The van der Waals surface area contributed by atoms with Crippen molar-refractivity contribution >= 4 is 0 Å². The highest BCUT2D eigenvalue weighted by molar-refractivity contribution is 5.21. The van der Waals surface area contributed by atoms with Gasteiger partial charge < -0.3 is 9.84 Å². The van der Waals surface area contributed by atoms with Crippen molar-refractivity contribution < 1.29 is 9.84 Å². The highest BCUT2D eigenvalue weighted by Crippen LogP contribution is 2.23. The van der Waals surface area contributed by atoms with Gasteiger partial charge in [-0.3, -0.25) is 0 Å². The number of rotatable bonds is 2. The van der Waals surface area contributed by atoms with Crippen molar-refractivity contribution in [3.05, 3.63) is 24.0 Å². The molecule has 1 unspecified atom stereocenters. The number of ether oxygens (including phenoxy) is 1. The summed E-state index contributed by atoms with van der Waals surface area (Å²) in [6.45, 7) is 4.68. The Balaban J connectivity index is 2.58. The Labute approximate surface area is 67.2 Å². The van der Waals surface area contributed by atoms with Crippen LogP contribution in [0.4, 0.5) is 0 Å². The van der Waals surface area contributed by atoms with Crippen LogP contribution in [0.3, 0.4) is 0 Å². The lowest BCUT2D eigenvalue weighted by Gasteiger charge is -2.26. The zero-order chi connectivity index (χ0) is 8.32. The van der Waals surface area contributed by atoms with Gasteiger partial charge in [-0.1, -0.05) is 0 Å². The minimum absolute atomic E-state index is 0.207. The quantitative estimate of drug-likeness (QED) is 0.660. The van der Waals surface area contributed by atoms with Gasteiger partial charge in [0.1, 0.15) is 5.76 Å². The average Bonchev–Trinajstić information content (AvgIpc) is 1.97. The number of hydrogen-bond donors (Lipinski definition) is 1. The fourth-order valence-electron chi connectivity index (χ4n) is 1.14. The monoisotopic (exact) mass is 154 g/mol. The van der Waals surface area contributed by atoms with Crippen molar-refractivity contribution in [1.29, 1.82) is 0 Å². The zero-order valence-electron chi connectivity index (χ0n) is 7.00. The predicted molar refractivity (Wildman–Crippen MR) is 44.5 cm³/mol. The molecule has 0 saturated carbocycles. The summed E-state index contributed by atoms with van der Waals surface area (Å²) in [6, 6.07) is 0. The van der Waals surface area contributed by atoms with Crippen LogP contribution in [-0.2, 0) is 4.74 Å². The maximum absolute atomic E-state index is 9.03. The third-order valence-corrected chi connectivity index (χ3v) is 1.80. The molecular formula is C9H14O2. The number of allylic oxidation sites excluding steroid dienone is 1. The van der Waals surface area contributed by atoms with Gasteiger partial charge in [0.05, 0.1) is 5.60 Å². The third kappa shape index (κ3) is 2.09. The highest BCUT2D eigenvalue weighted by atomic mass is 16.5. The van der Waals surface area contributed by atoms with Crippen LogP contribution in [0.2, 0.25) is 0 Å². The number of aliphatic hydroxyl groups is 1. The van der Waals surface area contributed by atoms with Crippen LogP contribution in [0, 0.1) is 0 Å². The zero-order valence-corrected chi connectivity index (χ0v) is 7.00. The Bertz CT molecular complexity index is 194. The minimum Gasteiger partial charge on any atom is -0.508 e. The fraction of sp³-hybridized carbons (Fsp3) is 0.556. The Morgan fingerprint density at radius 1 is 1.73 bits per heavy atom. The second-order valence-corrected chi connectivity index (χ2v) is 2.91. The van der Waals surface area contributed by atoms with Crippen LogP contribution in [0.25, 0.3) is 0 Å². The molecule has 0 spiro atoms. The Kier molecular flexibility index (Phi) is 2.35. The summed E-state index contributed by atoms with van der Waals surface area (Å²) >= 11 is 0. The van der Waals surface area contributed by atoms with E-state index in [-0.39, 0.29) is 5.60 Å². The van der Waals surface area contributed by atoms with Gasteiger partial charge in [-0.05, 0) is 32.1 Å². The third-order valence-electron chi connectivity index (χ3n) is 1.80. The Morgan fingerprint density at radius 2 is 2.45 bits per heavy atom. The van der Waals surface area contributed by atoms with Gasteiger partial charge in [-0.15, -0.1) is 0 Å². The maximum Gasteiger partial charge on any atom is 0.111 e. The molecule has 1 rings (SSSR count). The van der Waals surface area contributed by atoms with Gasteiger partial charge >= 0.3 is 0 Å².